The van der Waals surface area contributed by atoms with Crippen molar-refractivity contribution < 1.29 is 37.7 Å². The van der Waals surface area contributed by atoms with E-state index in [9.17, 15) is 17.6 Å². The molecule has 0 bridgehead atoms. The van der Waals surface area contributed by atoms with Gasteiger partial charge in [-0.1, -0.05) is 140 Å². The van der Waals surface area contributed by atoms with E-state index < -0.39 is 11.7 Å². The van der Waals surface area contributed by atoms with Crippen LogP contribution < -0.4 is 0 Å². The van der Waals surface area contributed by atoms with Crippen LogP contribution in [-0.4, -0.2) is 9.97 Å². The molecule has 1 radical (unpaired) electrons. The molecule has 0 aliphatic carbocycles. The van der Waals surface area contributed by atoms with E-state index in [4.69, 9.17) is 0 Å². The predicted molar refractivity (Wildman–Crippen MR) is 207 cm³/mol. The number of fused-ring (bicyclic) bond motifs is 2. The quantitative estimate of drug-likeness (QED) is 0.130. The maximum Gasteiger partial charge on any atom is 0.403 e. The first-order chi connectivity index (χ1) is 25.4. The van der Waals surface area contributed by atoms with Crippen LogP contribution in [0.4, 0.5) is 17.6 Å². The van der Waals surface area contributed by atoms with E-state index >= 15 is 0 Å². The fourth-order valence-electron chi connectivity index (χ4n) is 6.22. The number of pyridine rings is 2. The van der Waals surface area contributed by atoms with E-state index in [1.807, 2.05) is 66.7 Å². The molecule has 0 saturated heterocycles. The summed E-state index contributed by atoms with van der Waals surface area (Å²) < 4.78 is 55.2. The summed E-state index contributed by atoms with van der Waals surface area (Å²) in [6, 6.07) is 48.3. The molecule has 2 nitrogen and oxygen atoms in total. The van der Waals surface area contributed by atoms with Crippen molar-refractivity contribution in [1.82, 2.24) is 9.97 Å². The molecule has 0 saturated carbocycles. The van der Waals surface area contributed by atoms with Crippen molar-refractivity contribution in [3.8, 4) is 44.8 Å². The second-order valence-corrected chi connectivity index (χ2v) is 13.8. The van der Waals surface area contributed by atoms with Gasteiger partial charge >= 0.3 is 6.18 Å². The Morgan fingerprint density at radius 2 is 1.30 bits per heavy atom. The molecule has 8 rings (SSSR count). The average molecular weight is 895 g/mol. The number of hydrogen-bond acceptors (Lipinski definition) is 2. The molecule has 54 heavy (non-hydrogen) atoms. The summed E-state index contributed by atoms with van der Waals surface area (Å²) in [6.07, 6.45) is -1.05. The number of rotatable bonds is 4. The Hall–Kier alpha value is -5.49. The van der Waals surface area contributed by atoms with Gasteiger partial charge in [-0.15, -0.1) is 47.3 Å². The normalized spacial score (nSPS) is 11.5. The number of halogens is 4. The van der Waals surface area contributed by atoms with Gasteiger partial charge in [-0.05, 0) is 61.8 Å². The number of hydrogen-bond donors (Lipinski definition) is 0. The van der Waals surface area contributed by atoms with E-state index in [0.29, 0.717) is 22.2 Å². The molecular weight excluding hydrogens is 861 g/mol. The maximum atomic E-state index is 13.9. The van der Waals surface area contributed by atoms with Gasteiger partial charge in [0.2, 0.25) is 0 Å². The van der Waals surface area contributed by atoms with Crippen molar-refractivity contribution in [3.63, 3.8) is 0 Å². The number of nitrogens with zero attached hydrogens (tertiary/aromatic N) is 2. The van der Waals surface area contributed by atoms with E-state index in [1.54, 1.807) is 36.7 Å². The molecule has 7 heteroatoms. The van der Waals surface area contributed by atoms with E-state index in [-0.39, 0.29) is 36.7 Å². The Kier molecular flexibility index (Phi) is 11.2. The molecule has 0 unspecified atom stereocenters. The molecule has 8 aromatic rings. The third-order valence-electron chi connectivity index (χ3n) is 9.09. The van der Waals surface area contributed by atoms with Crippen molar-refractivity contribution in [3.05, 3.63) is 181 Å². The summed E-state index contributed by atoms with van der Waals surface area (Å²) in [5.74, 6) is -0.272. The minimum Gasteiger partial charge on any atom is -0.305 e. The van der Waals surface area contributed by atoms with Gasteiger partial charge < -0.3 is 4.98 Å². The van der Waals surface area contributed by atoms with Gasteiger partial charge in [-0.25, -0.2) is 0 Å². The molecule has 271 valence electrons. The monoisotopic (exact) mass is 895 g/mol. The minimum absolute atomic E-state index is 0. The number of alkyl halides is 3. The van der Waals surface area contributed by atoms with Gasteiger partial charge in [0, 0.05) is 44.0 Å². The molecule has 0 aliphatic heterocycles. The topological polar surface area (TPSA) is 25.8 Å². The molecule has 0 N–H and O–H groups in total. The second kappa shape index (κ2) is 15.9. The van der Waals surface area contributed by atoms with Crippen LogP contribution in [0.2, 0.25) is 0 Å². The number of aromatic nitrogens is 2. The molecule has 2 aromatic heterocycles. The van der Waals surface area contributed by atoms with Crippen molar-refractivity contribution in [2.45, 2.75) is 32.4 Å². The Bertz CT molecular complexity index is 2530. The Labute approximate surface area is 325 Å². The van der Waals surface area contributed by atoms with E-state index in [0.717, 1.165) is 44.8 Å². The molecule has 0 spiro atoms. The largest absolute Gasteiger partial charge is 0.403 e. The van der Waals surface area contributed by atoms with Crippen molar-refractivity contribution in [2.75, 3.05) is 0 Å². The smallest absolute Gasteiger partial charge is 0.305 e. The standard InChI is InChI=1S/C30H23F3N.C17H11FN.Ir/c1-29(2,3)25-12-10-19(11-13-25)20-8-9-22-18-34-28(17-23(22)14-20)24-15-21-6-4-5-7-26(21)27(16-24)30(31,32)33;18-16-10-9-14(17-8-4-5-11-19-17)12-15(16)13-6-2-1-3-7-13;/h4-14,16-18H,1-3H3;1-8,10-12H;/q2*-1;. The summed E-state index contributed by atoms with van der Waals surface area (Å²) >= 11 is 0. The summed E-state index contributed by atoms with van der Waals surface area (Å²) in [4.78, 5) is 8.71. The maximum absolute atomic E-state index is 13.9. The van der Waals surface area contributed by atoms with E-state index in [2.05, 4.69) is 73.2 Å². The zero-order valence-electron chi connectivity index (χ0n) is 29.7. The molecule has 0 aliphatic rings. The fourth-order valence-corrected chi connectivity index (χ4v) is 6.22. The van der Waals surface area contributed by atoms with E-state index in [1.165, 1.54) is 17.7 Å². The summed E-state index contributed by atoms with van der Waals surface area (Å²) in [6.45, 7) is 6.54. The first-order valence-corrected chi connectivity index (χ1v) is 17.2. The second-order valence-electron chi connectivity index (χ2n) is 13.8. The minimum atomic E-state index is -4.47. The molecule has 6 aromatic carbocycles. The summed E-state index contributed by atoms with van der Waals surface area (Å²) in [5, 5.41) is 2.40. The van der Waals surface area contributed by atoms with Gasteiger partial charge in [-0.3, -0.25) is 9.37 Å². The van der Waals surface area contributed by atoms with Crippen LogP contribution in [-0.2, 0) is 31.7 Å². The fraction of sp³-hybridized carbons (Fsp3) is 0.106. The van der Waals surface area contributed by atoms with Crippen molar-refractivity contribution in [1.29, 1.82) is 0 Å². The summed E-state index contributed by atoms with van der Waals surface area (Å²) in [5.41, 5.74) is 6.59. The zero-order valence-corrected chi connectivity index (χ0v) is 32.1. The molecule has 0 amide bonds. The Morgan fingerprint density at radius 3 is 2.00 bits per heavy atom. The Balaban J connectivity index is 0.000000211. The van der Waals surface area contributed by atoms with Crippen LogP contribution in [0.15, 0.2) is 152 Å². The van der Waals surface area contributed by atoms with Crippen molar-refractivity contribution >= 4 is 21.5 Å². The number of benzene rings is 6. The summed E-state index contributed by atoms with van der Waals surface area (Å²) in [7, 11) is 0. The first-order valence-electron chi connectivity index (χ1n) is 17.2. The van der Waals surface area contributed by atoms with Gasteiger partial charge in [0.1, 0.15) is 0 Å². The third-order valence-corrected chi connectivity index (χ3v) is 9.09. The first kappa shape index (κ1) is 38.2. The molecular formula is C47H34F4IrN2-2. The molecule has 0 fully saturated rings. The van der Waals surface area contributed by atoms with Crippen LogP contribution in [0, 0.1) is 17.9 Å². The van der Waals surface area contributed by atoms with Crippen LogP contribution in [0.5, 0.6) is 0 Å². The van der Waals surface area contributed by atoms with Gasteiger partial charge in [0.25, 0.3) is 0 Å². The van der Waals surface area contributed by atoms with Gasteiger partial charge in [0.15, 0.2) is 0 Å². The van der Waals surface area contributed by atoms with Crippen molar-refractivity contribution in [2.24, 2.45) is 0 Å². The molecule has 0 atom stereocenters. The predicted octanol–water partition coefficient (Wildman–Crippen LogP) is 13.2. The van der Waals surface area contributed by atoms with Gasteiger partial charge in [-0.2, -0.15) is 13.2 Å². The van der Waals surface area contributed by atoms with Crippen LogP contribution >= 0.6 is 0 Å². The van der Waals surface area contributed by atoms with Crippen LogP contribution in [0.1, 0.15) is 31.9 Å². The zero-order chi connectivity index (χ0) is 37.2. The SMILES string of the molecule is CC(C)(C)c1ccc(-c2ccc3cnc(-c4[c-]c5ccccc5c(C(F)(F)F)c4)cc3c2)cc1.Fc1c[c-]c(-c2ccccn2)cc1-c1ccccc1.[Ir]. The molecule has 2 heterocycles. The van der Waals surface area contributed by atoms with Crippen LogP contribution in [0.25, 0.3) is 66.3 Å². The van der Waals surface area contributed by atoms with Gasteiger partial charge in [0.05, 0.1) is 0 Å². The Morgan fingerprint density at radius 1 is 0.593 bits per heavy atom. The average Bonchev–Trinajstić information content (AvgIpc) is 3.17. The van der Waals surface area contributed by atoms with Crippen LogP contribution in [0.3, 0.4) is 0 Å². The third kappa shape index (κ3) is 8.49.